The number of anilines is 1. The molecule has 0 aromatic heterocycles. The molecular formula is C25H28FN3O3S. The third-order valence-electron chi connectivity index (χ3n) is 5.27. The summed E-state index contributed by atoms with van der Waals surface area (Å²) in [7, 11) is 0. The zero-order valence-corrected chi connectivity index (χ0v) is 20.0. The molecule has 0 bridgehead atoms. The molecule has 1 unspecified atom stereocenters. The lowest BCUT2D eigenvalue weighted by atomic mass is 9.94. The average Bonchev–Trinajstić information content (AvgIpc) is 2.78. The molecule has 6 nitrogen and oxygen atoms in total. The van der Waals surface area contributed by atoms with Crippen molar-refractivity contribution in [2.24, 2.45) is 5.92 Å². The molecule has 33 heavy (non-hydrogen) atoms. The highest BCUT2D eigenvalue weighted by atomic mass is 32.1. The van der Waals surface area contributed by atoms with Crippen LogP contribution in [-0.4, -0.2) is 35.0 Å². The predicted molar refractivity (Wildman–Crippen MR) is 130 cm³/mol. The van der Waals surface area contributed by atoms with Crippen LogP contribution in [0, 0.1) is 11.7 Å². The molecule has 8 heteroatoms. The average molecular weight is 470 g/mol. The minimum Gasteiger partial charge on any atom is -0.462 e. The second-order valence-electron chi connectivity index (χ2n) is 8.20. The Kier molecular flexibility index (Phi) is 7.81. The normalized spacial score (nSPS) is 16.0. The summed E-state index contributed by atoms with van der Waals surface area (Å²) < 4.78 is 18.9. The summed E-state index contributed by atoms with van der Waals surface area (Å²) in [6.45, 7) is 8.74. The standard InChI is InChI=1S/C25H28FN3O3S/c1-5-29-16(4)21(24(31)32-14-15(2)3)22(28-25(29)33)17-9-11-20(12-10-17)27-23(30)18-7-6-8-19(26)13-18/h6-13,15,22H,5,14H2,1-4H3,(H,27,30)(H,28,33). The zero-order chi connectivity index (χ0) is 24.1. The fourth-order valence-electron chi connectivity index (χ4n) is 3.59. The van der Waals surface area contributed by atoms with Crippen molar-refractivity contribution >= 4 is 34.9 Å². The second-order valence-corrected chi connectivity index (χ2v) is 8.59. The van der Waals surface area contributed by atoms with Gasteiger partial charge in [-0.05, 0) is 67.9 Å². The Bertz CT molecular complexity index is 1080. The fraction of sp³-hybridized carbons (Fsp3) is 0.320. The molecule has 2 aromatic carbocycles. The highest BCUT2D eigenvalue weighted by Gasteiger charge is 2.34. The SMILES string of the molecule is CCN1C(=S)NC(c2ccc(NC(=O)c3cccc(F)c3)cc2)C(C(=O)OCC(C)C)=C1C. The van der Waals surface area contributed by atoms with E-state index in [1.807, 2.05) is 44.7 Å². The number of hydrogen-bond donors (Lipinski definition) is 2. The van der Waals surface area contributed by atoms with Gasteiger partial charge in [-0.15, -0.1) is 0 Å². The second kappa shape index (κ2) is 10.6. The maximum atomic E-state index is 13.4. The van der Waals surface area contributed by atoms with E-state index in [1.54, 1.807) is 18.2 Å². The summed E-state index contributed by atoms with van der Waals surface area (Å²) in [5.41, 5.74) is 2.83. The highest BCUT2D eigenvalue weighted by molar-refractivity contribution is 7.80. The van der Waals surface area contributed by atoms with Gasteiger partial charge in [0.15, 0.2) is 5.11 Å². The van der Waals surface area contributed by atoms with E-state index in [4.69, 9.17) is 17.0 Å². The van der Waals surface area contributed by atoms with Crippen molar-refractivity contribution < 1.29 is 18.7 Å². The molecule has 0 fully saturated rings. The summed E-state index contributed by atoms with van der Waals surface area (Å²) in [5.74, 6) is -1.05. The van der Waals surface area contributed by atoms with Gasteiger partial charge in [-0.25, -0.2) is 9.18 Å². The van der Waals surface area contributed by atoms with Gasteiger partial charge in [0.25, 0.3) is 5.91 Å². The van der Waals surface area contributed by atoms with Gasteiger partial charge in [-0.1, -0.05) is 32.0 Å². The van der Waals surface area contributed by atoms with Gasteiger partial charge in [0, 0.05) is 23.5 Å². The summed E-state index contributed by atoms with van der Waals surface area (Å²) in [6.07, 6.45) is 0. The Morgan fingerprint density at radius 2 is 1.91 bits per heavy atom. The van der Waals surface area contributed by atoms with Crippen LogP contribution < -0.4 is 10.6 Å². The molecule has 3 rings (SSSR count). The van der Waals surface area contributed by atoms with E-state index < -0.39 is 17.8 Å². The largest absolute Gasteiger partial charge is 0.462 e. The lowest BCUT2D eigenvalue weighted by Gasteiger charge is -2.37. The molecule has 0 saturated heterocycles. The maximum Gasteiger partial charge on any atom is 0.338 e. The number of allylic oxidation sites excluding steroid dienone is 1. The monoisotopic (exact) mass is 469 g/mol. The van der Waals surface area contributed by atoms with Gasteiger partial charge in [0.2, 0.25) is 0 Å². The molecule has 2 N–H and O–H groups in total. The molecule has 1 amide bonds. The van der Waals surface area contributed by atoms with Crippen molar-refractivity contribution in [1.29, 1.82) is 0 Å². The van der Waals surface area contributed by atoms with Crippen LogP contribution in [0.15, 0.2) is 59.8 Å². The number of thiocarbonyl (C=S) groups is 1. The van der Waals surface area contributed by atoms with E-state index in [0.717, 1.165) is 11.3 Å². The number of amides is 1. The molecule has 0 radical (unpaired) electrons. The van der Waals surface area contributed by atoms with E-state index in [9.17, 15) is 14.0 Å². The zero-order valence-electron chi connectivity index (χ0n) is 19.1. The van der Waals surface area contributed by atoms with Crippen molar-refractivity contribution in [3.63, 3.8) is 0 Å². The summed E-state index contributed by atoms with van der Waals surface area (Å²) in [4.78, 5) is 27.2. The molecule has 0 spiro atoms. The van der Waals surface area contributed by atoms with Crippen LogP contribution in [0.5, 0.6) is 0 Å². The Labute approximate surface area is 198 Å². The van der Waals surface area contributed by atoms with Crippen molar-refractivity contribution in [2.75, 3.05) is 18.5 Å². The number of hydrogen-bond acceptors (Lipinski definition) is 4. The molecule has 0 aliphatic carbocycles. The number of esters is 1. The first-order valence-electron chi connectivity index (χ1n) is 10.8. The Morgan fingerprint density at radius 3 is 2.52 bits per heavy atom. The highest BCUT2D eigenvalue weighted by Crippen LogP contribution is 2.32. The third kappa shape index (κ3) is 5.76. The molecule has 174 valence electrons. The van der Waals surface area contributed by atoms with Crippen molar-refractivity contribution in [3.05, 3.63) is 76.7 Å². The predicted octanol–water partition coefficient (Wildman–Crippen LogP) is 4.80. The van der Waals surface area contributed by atoms with Gasteiger partial charge in [-0.3, -0.25) is 4.79 Å². The van der Waals surface area contributed by atoms with Crippen LogP contribution in [0.4, 0.5) is 10.1 Å². The molecule has 1 aliphatic heterocycles. The molecule has 2 aromatic rings. The molecular weight excluding hydrogens is 441 g/mol. The van der Waals surface area contributed by atoms with Crippen LogP contribution in [-0.2, 0) is 9.53 Å². The number of nitrogens with zero attached hydrogens (tertiary/aromatic N) is 1. The lowest BCUT2D eigenvalue weighted by molar-refractivity contribution is -0.140. The number of rotatable bonds is 7. The van der Waals surface area contributed by atoms with E-state index in [0.29, 0.717) is 29.5 Å². The number of halogens is 1. The van der Waals surface area contributed by atoms with E-state index in [2.05, 4.69) is 10.6 Å². The van der Waals surface area contributed by atoms with Gasteiger partial charge in [-0.2, -0.15) is 0 Å². The van der Waals surface area contributed by atoms with Crippen molar-refractivity contribution in [2.45, 2.75) is 33.7 Å². The Hall–Kier alpha value is -3.26. The Balaban J connectivity index is 1.85. The van der Waals surface area contributed by atoms with Crippen LogP contribution >= 0.6 is 12.2 Å². The molecule has 0 saturated carbocycles. The third-order valence-corrected chi connectivity index (χ3v) is 5.61. The van der Waals surface area contributed by atoms with Gasteiger partial charge in [0.05, 0.1) is 18.2 Å². The first-order chi connectivity index (χ1) is 15.7. The van der Waals surface area contributed by atoms with Gasteiger partial charge >= 0.3 is 5.97 Å². The lowest BCUT2D eigenvalue weighted by Crippen LogP contribution is -2.47. The minimum atomic E-state index is -0.479. The van der Waals surface area contributed by atoms with E-state index >= 15 is 0 Å². The summed E-state index contributed by atoms with van der Waals surface area (Å²) >= 11 is 5.51. The number of ether oxygens (including phenoxy) is 1. The van der Waals surface area contributed by atoms with Crippen LogP contribution in [0.2, 0.25) is 0 Å². The fourth-order valence-corrected chi connectivity index (χ4v) is 3.97. The number of carbonyl (C=O) groups excluding carboxylic acids is 2. The Morgan fingerprint density at radius 1 is 1.21 bits per heavy atom. The molecule has 1 heterocycles. The van der Waals surface area contributed by atoms with Crippen LogP contribution in [0.25, 0.3) is 0 Å². The van der Waals surface area contributed by atoms with E-state index in [-0.39, 0.29) is 17.5 Å². The number of carbonyl (C=O) groups is 2. The molecule has 1 aliphatic rings. The summed E-state index contributed by atoms with van der Waals surface area (Å²) in [6, 6.07) is 12.1. The topological polar surface area (TPSA) is 70.7 Å². The summed E-state index contributed by atoms with van der Waals surface area (Å²) in [5, 5.41) is 6.53. The van der Waals surface area contributed by atoms with E-state index in [1.165, 1.54) is 18.2 Å². The van der Waals surface area contributed by atoms with Crippen LogP contribution in [0.1, 0.15) is 49.7 Å². The van der Waals surface area contributed by atoms with Gasteiger partial charge in [0.1, 0.15) is 5.82 Å². The van der Waals surface area contributed by atoms with Crippen LogP contribution in [0.3, 0.4) is 0 Å². The van der Waals surface area contributed by atoms with Crippen molar-refractivity contribution in [1.82, 2.24) is 10.2 Å². The molecule has 1 atom stereocenters. The minimum absolute atomic E-state index is 0.217. The van der Waals surface area contributed by atoms with Gasteiger partial charge < -0.3 is 20.3 Å². The number of benzene rings is 2. The van der Waals surface area contributed by atoms with Crippen molar-refractivity contribution in [3.8, 4) is 0 Å². The number of nitrogens with one attached hydrogen (secondary N) is 2. The maximum absolute atomic E-state index is 13.4. The first kappa shape index (κ1) is 24.4. The first-order valence-corrected chi connectivity index (χ1v) is 11.2. The smallest absolute Gasteiger partial charge is 0.338 e. The quantitative estimate of drug-likeness (QED) is 0.448.